The van der Waals surface area contributed by atoms with Gasteiger partial charge in [-0.2, -0.15) is 0 Å². The molecule has 2 aromatic rings. The molecule has 0 amide bonds. The highest BCUT2D eigenvalue weighted by Crippen LogP contribution is 2.35. The van der Waals surface area contributed by atoms with Crippen molar-refractivity contribution in [1.29, 1.82) is 0 Å². The minimum absolute atomic E-state index is 0.371. The third-order valence-electron chi connectivity index (χ3n) is 2.49. The summed E-state index contributed by atoms with van der Waals surface area (Å²) in [6.07, 6.45) is 0. The van der Waals surface area contributed by atoms with Crippen molar-refractivity contribution >= 4 is 17.3 Å². The average molecular weight is 242 g/mol. The number of nitrogens with two attached hydrogens (primary N) is 2. The Balaban J connectivity index is 2.56. The van der Waals surface area contributed by atoms with E-state index in [4.69, 9.17) is 16.2 Å². The second kappa shape index (κ2) is 4.79. The van der Waals surface area contributed by atoms with Crippen LogP contribution >= 0.6 is 0 Å². The van der Waals surface area contributed by atoms with Gasteiger partial charge < -0.3 is 16.2 Å². The number of hydrogen-bond acceptors (Lipinski definition) is 4. The minimum atomic E-state index is -0.405. The molecule has 0 aromatic heterocycles. The van der Waals surface area contributed by atoms with Crippen LogP contribution in [0.15, 0.2) is 42.5 Å². The molecule has 0 unspecified atom stereocenters. The van der Waals surface area contributed by atoms with Gasteiger partial charge >= 0.3 is 5.97 Å². The lowest BCUT2D eigenvalue weighted by atomic mass is 10.0. The summed E-state index contributed by atoms with van der Waals surface area (Å²) in [4.78, 5) is 11.1. The van der Waals surface area contributed by atoms with Crippen LogP contribution in [0, 0.1) is 0 Å². The molecule has 0 saturated heterocycles. The summed E-state index contributed by atoms with van der Waals surface area (Å²) < 4.78 is 5.17. The molecule has 0 fully saturated rings. The normalized spacial score (nSPS) is 10.1. The monoisotopic (exact) mass is 242 g/mol. The van der Waals surface area contributed by atoms with Crippen LogP contribution in [0.2, 0.25) is 0 Å². The van der Waals surface area contributed by atoms with Gasteiger partial charge in [0.05, 0.1) is 5.69 Å². The maximum absolute atomic E-state index is 11.1. The lowest BCUT2D eigenvalue weighted by Gasteiger charge is -2.11. The highest BCUT2D eigenvalue weighted by molar-refractivity contribution is 5.82. The molecule has 4 nitrogen and oxygen atoms in total. The Labute approximate surface area is 105 Å². The van der Waals surface area contributed by atoms with E-state index in [0.29, 0.717) is 17.1 Å². The van der Waals surface area contributed by atoms with Gasteiger partial charge in [0.1, 0.15) is 0 Å². The number of ether oxygens (including phenoxy) is 1. The number of anilines is 2. The van der Waals surface area contributed by atoms with Gasteiger partial charge in [0.25, 0.3) is 0 Å². The molecule has 92 valence electrons. The van der Waals surface area contributed by atoms with Crippen LogP contribution in [-0.4, -0.2) is 5.97 Å². The van der Waals surface area contributed by atoms with Gasteiger partial charge in [0.2, 0.25) is 0 Å². The molecule has 0 aliphatic carbocycles. The molecule has 0 spiro atoms. The summed E-state index contributed by atoms with van der Waals surface area (Å²) in [6.45, 7) is 1.34. The van der Waals surface area contributed by atoms with Gasteiger partial charge in [0.15, 0.2) is 5.75 Å². The standard InChI is InChI=1S/C14H14N2O2/c1-9(17)18-14-12(6-3-7-13(14)16)10-4-2-5-11(15)8-10/h2-8H,15-16H2,1H3. The maximum Gasteiger partial charge on any atom is 0.308 e. The number of hydrogen-bond donors (Lipinski definition) is 2. The highest BCUT2D eigenvalue weighted by atomic mass is 16.5. The van der Waals surface area contributed by atoms with E-state index in [9.17, 15) is 4.79 Å². The molecule has 2 aromatic carbocycles. The fraction of sp³-hybridized carbons (Fsp3) is 0.0714. The molecule has 18 heavy (non-hydrogen) atoms. The summed E-state index contributed by atoms with van der Waals surface area (Å²) in [5.74, 6) is -0.0337. The van der Waals surface area contributed by atoms with Crippen molar-refractivity contribution in [2.75, 3.05) is 11.5 Å². The van der Waals surface area contributed by atoms with Gasteiger partial charge in [0, 0.05) is 18.2 Å². The first-order valence-electron chi connectivity index (χ1n) is 5.51. The van der Waals surface area contributed by atoms with E-state index in [1.54, 1.807) is 18.2 Å². The van der Waals surface area contributed by atoms with E-state index in [-0.39, 0.29) is 0 Å². The molecule has 4 heteroatoms. The van der Waals surface area contributed by atoms with Gasteiger partial charge in [-0.05, 0) is 23.8 Å². The maximum atomic E-state index is 11.1. The first-order valence-corrected chi connectivity index (χ1v) is 5.51. The third-order valence-corrected chi connectivity index (χ3v) is 2.49. The van der Waals surface area contributed by atoms with E-state index in [2.05, 4.69) is 0 Å². The summed E-state index contributed by atoms with van der Waals surface area (Å²) in [5, 5.41) is 0. The lowest BCUT2D eigenvalue weighted by Crippen LogP contribution is -2.05. The Morgan fingerprint density at radius 2 is 1.83 bits per heavy atom. The van der Waals surface area contributed by atoms with Crippen LogP contribution in [0.3, 0.4) is 0 Å². The Morgan fingerprint density at radius 3 is 2.50 bits per heavy atom. The summed E-state index contributed by atoms with van der Waals surface area (Å²) in [5.41, 5.74) is 14.3. The fourth-order valence-corrected chi connectivity index (χ4v) is 1.75. The largest absolute Gasteiger partial charge is 0.424 e. The molecule has 0 aliphatic heterocycles. The summed E-state index contributed by atoms with van der Waals surface area (Å²) in [6, 6.07) is 12.7. The molecule has 2 rings (SSSR count). The van der Waals surface area contributed by atoms with E-state index in [1.807, 2.05) is 24.3 Å². The topological polar surface area (TPSA) is 78.3 Å². The van der Waals surface area contributed by atoms with Crippen LogP contribution in [-0.2, 0) is 4.79 Å². The number of esters is 1. The van der Waals surface area contributed by atoms with Crippen molar-refractivity contribution in [3.63, 3.8) is 0 Å². The molecule has 0 radical (unpaired) electrons. The summed E-state index contributed by atoms with van der Waals surface area (Å²) in [7, 11) is 0. The molecule has 0 atom stereocenters. The van der Waals surface area contributed by atoms with Gasteiger partial charge in [-0.15, -0.1) is 0 Å². The zero-order valence-corrected chi connectivity index (χ0v) is 10.0. The van der Waals surface area contributed by atoms with Crippen LogP contribution in [0.4, 0.5) is 11.4 Å². The fourth-order valence-electron chi connectivity index (χ4n) is 1.75. The smallest absolute Gasteiger partial charge is 0.308 e. The highest BCUT2D eigenvalue weighted by Gasteiger charge is 2.11. The Morgan fingerprint density at radius 1 is 1.11 bits per heavy atom. The predicted octanol–water partition coefficient (Wildman–Crippen LogP) is 2.44. The first-order chi connectivity index (χ1) is 8.58. The van der Waals surface area contributed by atoms with Gasteiger partial charge in [-0.3, -0.25) is 4.79 Å². The zero-order chi connectivity index (χ0) is 13.1. The van der Waals surface area contributed by atoms with Crippen molar-refractivity contribution in [3.05, 3.63) is 42.5 Å². The molecule has 0 saturated carbocycles. The van der Waals surface area contributed by atoms with Crippen LogP contribution < -0.4 is 16.2 Å². The number of rotatable bonds is 2. The number of carbonyl (C=O) groups is 1. The minimum Gasteiger partial charge on any atom is -0.424 e. The summed E-state index contributed by atoms with van der Waals surface area (Å²) >= 11 is 0. The number of para-hydroxylation sites is 1. The van der Waals surface area contributed by atoms with E-state index in [1.165, 1.54) is 6.92 Å². The zero-order valence-electron chi connectivity index (χ0n) is 10.0. The van der Waals surface area contributed by atoms with Crippen molar-refractivity contribution in [1.82, 2.24) is 0 Å². The SMILES string of the molecule is CC(=O)Oc1c(N)cccc1-c1cccc(N)c1. The second-order valence-electron chi connectivity index (χ2n) is 3.94. The Bertz CT molecular complexity index is 594. The van der Waals surface area contributed by atoms with Crippen molar-refractivity contribution < 1.29 is 9.53 Å². The Kier molecular flexibility index (Phi) is 3.19. The molecule has 4 N–H and O–H groups in total. The van der Waals surface area contributed by atoms with Crippen LogP contribution in [0.1, 0.15) is 6.92 Å². The molecule has 0 aliphatic rings. The van der Waals surface area contributed by atoms with Crippen molar-refractivity contribution in [2.24, 2.45) is 0 Å². The van der Waals surface area contributed by atoms with E-state index >= 15 is 0 Å². The van der Waals surface area contributed by atoms with Crippen molar-refractivity contribution in [3.8, 4) is 16.9 Å². The van der Waals surface area contributed by atoms with E-state index < -0.39 is 5.97 Å². The first kappa shape index (κ1) is 12.0. The number of carbonyl (C=O) groups excluding carboxylic acids is 1. The Hall–Kier alpha value is -2.49. The van der Waals surface area contributed by atoms with Crippen LogP contribution in [0.25, 0.3) is 11.1 Å². The molecular weight excluding hydrogens is 228 g/mol. The second-order valence-corrected chi connectivity index (χ2v) is 3.94. The molecule has 0 heterocycles. The van der Waals surface area contributed by atoms with Crippen LogP contribution in [0.5, 0.6) is 5.75 Å². The van der Waals surface area contributed by atoms with Gasteiger partial charge in [-0.1, -0.05) is 24.3 Å². The third kappa shape index (κ3) is 2.43. The lowest BCUT2D eigenvalue weighted by molar-refractivity contribution is -0.131. The average Bonchev–Trinajstić information content (AvgIpc) is 2.31. The molecular formula is C14H14N2O2. The predicted molar refractivity (Wildman–Crippen MR) is 72.0 cm³/mol. The number of nitrogen functional groups attached to an aromatic ring is 2. The van der Waals surface area contributed by atoms with Crippen molar-refractivity contribution in [2.45, 2.75) is 6.92 Å². The van der Waals surface area contributed by atoms with Gasteiger partial charge in [-0.25, -0.2) is 0 Å². The van der Waals surface area contributed by atoms with E-state index in [0.717, 1.165) is 11.1 Å². The molecule has 0 bridgehead atoms. The quantitative estimate of drug-likeness (QED) is 0.481. The number of benzene rings is 2.